The molecule has 0 fully saturated rings. The van der Waals surface area contributed by atoms with Crippen molar-refractivity contribution >= 4 is 17.6 Å². The number of aryl methyl sites for hydroxylation is 1. The Labute approximate surface area is 148 Å². The molecule has 24 heavy (non-hydrogen) atoms. The molecule has 5 heteroatoms. The Morgan fingerprint density at radius 3 is 2.62 bits per heavy atom. The van der Waals surface area contributed by atoms with Gasteiger partial charge < -0.3 is 15.4 Å². The molecule has 0 saturated carbocycles. The fourth-order valence-electron chi connectivity index (χ4n) is 2.28. The number of benzene rings is 2. The van der Waals surface area contributed by atoms with E-state index < -0.39 is 0 Å². The van der Waals surface area contributed by atoms with E-state index in [-0.39, 0.29) is 6.03 Å². The summed E-state index contributed by atoms with van der Waals surface area (Å²) in [5.74, 6) is 0.859. The van der Waals surface area contributed by atoms with Crippen molar-refractivity contribution in [1.82, 2.24) is 10.6 Å². The lowest BCUT2D eigenvalue weighted by molar-refractivity contribution is 0.236. The summed E-state index contributed by atoms with van der Waals surface area (Å²) in [7, 11) is 0. The molecule has 2 aromatic carbocycles. The van der Waals surface area contributed by atoms with Crippen molar-refractivity contribution in [3.63, 3.8) is 0 Å². The van der Waals surface area contributed by atoms with Gasteiger partial charge >= 0.3 is 6.03 Å². The van der Waals surface area contributed by atoms with Gasteiger partial charge in [-0.05, 0) is 55.2 Å². The van der Waals surface area contributed by atoms with E-state index in [0.717, 1.165) is 23.3 Å². The first kappa shape index (κ1) is 18.1. The highest BCUT2D eigenvalue weighted by Crippen LogP contribution is 2.20. The van der Waals surface area contributed by atoms with Crippen molar-refractivity contribution < 1.29 is 9.53 Å². The number of amides is 2. The SMILES string of the molecule is Cc1cccc(OCCNC(=O)NCCc2cccc(Cl)c2)c1C. The van der Waals surface area contributed by atoms with Gasteiger partial charge in [-0.3, -0.25) is 0 Å². The minimum atomic E-state index is -0.193. The summed E-state index contributed by atoms with van der Waals surface area (Å²) in [6, 6.07) is 13.4. The molecule has 0 aliphatic carbocycles. The molecular formula is C19H23ClN2O2. The van der Waals surface area contributed by atoms with Crippen molar-refractivity contribution in [3.8, 4) is 5.75 Å². The highest BCUT2D eigenvalue weighted by molar-refractivity contribution is 6.30. The Morgan fingerprint density at radius 2 is 1.83 bits per heavy atom. The molecule has 2 N–H and O–H groups in total. The zero-order chi connectivity index (χ0) is 17.4. The summed E-state index contributed by atoms with van der Waals surface area (Å²) in [6.45, 7) is 5.53. The Bertz CT molecular complexity index is 689. The van der Waals surface area contributed by atoms with Crippen LogP contribution in [0.1, 0.15) is 16.7 Å². The lowest BCUT2D eigenvalue weighted by atomic mass is 10.1. The van der Waals surface area contributed by atoms with Crippen LogP contribution in [0.15, 0.2) is 42.5 Å². The number of nitrogens with one attached hydrogen (secondary N) is 2. The van der Waals surface area contributed by atoms with Crippen LogP contribution in [0.3, 0.4) is 0 Å². The maximum atomic E-state index is 11.7. The minimum absolute atomic E-state index is 0.193. The normalized spacial score (nSPS) is 10.3. The molecule has 2 amide bonds. The molecule has 2 rings (SSSR count). The largest absolute Gasteiger partial charge is 0.491 e. The summed E-state index contributed by atoms with van der Waals surface area (Å²) in [5, 5.41) is 6.31. The Kier molecular flexibility index (Phi) is 6.94. The van der Waals surface area contributed by atoms with E-state index in [2.05, 4.69) is 10.6 Å². The van der Waals surface area contributed by atoms with Gasteiger partial charge in [0.2, 0.25) is 0 Å². The first-order chi connectivity index (χ1) is 11.6. The molecule has 2 aromatic rings. The second kappa shape index (κ2) is 9.18. The molecule has 0 aliphatic rings. The molecule has 0 radical (unpaired) electrons. The third kappa shape index (κ3) is 5.78. The molecule has 0 aliphatic heterocycles. The minimum Gasteiger partial charge on any atom is -0.491 e. The van der Waals surface area contributed by atoms with Crippen molar-refractivity contribution in [1.29, 1.82) is 0 Å². The van der Waals surface area contributed by atoms with Crippen LogP contribution >= 0.6 is 11.6 Å². The molecule has 0 bridgehead atoms. The summed E-state index contributed by atoms with van der Waals surface area (Å²) in [4.78, 5) is 11.7. The lowest BCUT2D eigenvalue weighted by Crippen LogP contribution is -2.38. The third-order valence-corrected chi connectivity index (χ3v) is 4.02. The quantitative estimate of drug-likeness (QED) is 0.747. The molecule has 0 saturated heterocycles. The predicted molar refractivity (Wildman–Crippen MR) is 98.0 cm³/mol. The van der Waals surface area contributed by atoms with Crippen LogP contribution in [0.2, 0.25) is 5.02 Å². The number of hydrogen-bond acceptors (Lipinski definition) is 2. The van der Waals surface area contributed by atoms with E-state index in [0.29, 0.717) is 24.7 Å². The second-order valence-corrected chi connectivity index (χ2v) is 6.05. The topological polar surface area (TPSA) is 50.4 Å². The van der Waals surface area contributed by atoms with Crippen LogP contribution < -0.4 is 15.4 Å². The predicted octanol–water partition coefficient (Wildman–Crippen LogP) is 3.88. The van der Waals surface area contributed by atoms with E-state index in [1.54, 1.807) is 0 Å². The molecule has 0 spiro atoms. The average Bonchev–Trinajstić information content (AvgIpc) is 2.55. The average molecular weight is 347 g/mol. The number of rotatable bonds is 7. The number of urea groups is 1. The van der Waals surface area contributed by atoms with Crippen LogP contribution in [-0.2, 0) is 6.42 Å². The van der Waals surface area contributed by atoms with Gasteiger partial charge in [0, 0.05) is 11.6 Å². The molecular weight excluding hydrogens is 324 g/mol. The van der Waals surface area contributed by atoms with E-state index in [1.807, 2.05) is 56.3 Å². The second-order valence-electron chi connectivity index (χ2n) is 5.61. The van der Waals surface area contributed by atoms with Crippen LogP contribution in [0.5, 0.6) is 5.75 Å². The van der Waals surface area contributed by atoms with Crippen molar-refractivity contribution in [2.45, 2.75) is 20.3 Å². The van der Waals surface area contributed by atoms with E-state index in [4.69, 9.17) is 16.3 Å². The van der Waals surface area contributed by atoms with Gasteiger partial charge in [0.15, 0.2) is 0 Å². The molecule has 0 heterocycles. The standard InChI is InChI=1S/C19H23ClN2O2/c1-14-5-3-8-18(15(14)2)24-12-11-22-19(23)21-10-9-16-6-4-7-17(20)13-16/h3-8,13H,9-12H2,1-2H3,(H2,21,22,23). The number of ether oxygens (including phenoxy) is 1. The van der Waals surface area contributed by atoms with E-state index in [9.17, 15) is 4.79 Å². The van der Waals surface area contributed by atoms with Gasteiger partial charge in [-0.1, -0.05) is 35.9 Å². The first-order valence-electron chi connectivity index (χ1n) is 8.01. The molecule has 0 unspecified atom stereocenters. The Morgan fingerprint density at radius 1 is 1.08 bits per heavy atom. The monoisotopic (exact) mass is 346 g/mol. The molecule has 128 valence electrons. The maximum absolute atomic E-state index is 11.7. The van der Waals surface area contributed by atoms with Crippen LogP contribution in [0.25, 0.3) is 0 Å². The molecule has 0 aromatic heterocycles. The Balaban J connectivity index is 1.62. The van der Waals surface area contributed by atoms with Crippen LogP contribution in [0.4, 0.5) is 4.79 Å². The zero-order valence-corrected chi connectivity index (χ0v) is 14.8. The summed E-state index contributed by atoms with van der Waals surface area (Å²) in [5.41, 5.74) is 3.42. The summed E-state index contributed by atoms with van der Waals surface area (Å²) in [6.07, 6.45) is 0.743. The number of halogens is 1. The van der Waals surface area contributed by atoms with Gasteiger partial charge in [0.25, 0.3) is 0 Å². The Hall–Kier alpha value is -2.20. The van der Waals surface area contributed by atoms with Gasteiger partial charge in [-0.2, -0.15) is 0 Å². The first-order valence-corrected chi connectivity index (χ1v) is 8.39. The molecule has 0 atom stereocenters. The summed E-state index contributed by atoms with van der Waals surface area (Å²) >= 11 is 5.93. The van der Waals surface area contributed by atoms with Crippen LogP contribution in [-0.4, -0.2) is 25.7 Å². The fourth-order valence-corrected chi connectivity index (χ4v) is 2.49. The van der Waals surface area contributed by atoms with Crippen LogP contribution in [0, 0.1) is 13.8 Å². The zero-order valence-electron chi connectivity index (χ0n) is 14.1. The highest BCUT2D eigenvalue weighted by atomic mass is 35.5. The number of hydrogen-bond donors (Lipinski definition) is 2. The maximum Gasteiger partial charge on any atom is 0.314 e. The van der Waals surface area contributed by atoms with Gasteiger partial charge in [0.1, 0.15) is 12.4 Å². The highest BCUT2D eigenvalue weighted by Gasteiger charge is 2.03. The third-order valence-electron chi connectivity index (χ3n) is 3.79. The van der Waals surface area contributed by atoms with Crippen molar-refractivity contribution in [3.05, 3.63) is 64.2 Å². The molecule has 4 nitrogen and oxygen atoms in total. The lowest BCUT2D eigenvalue weighted by Gasteiger charge is -2.12. The summed E-state index contributed by atoms with van der Waals surface area (Å²) < 4.78 is 5.70. The number of carbonyl (C=O) groups is 1. The smallest absolute Gasteiger partial charge is 0.314 e. The van der Waals surface area contributed by atoms with E-state index >= 15 is 0 Å². The van der Waals surface area contributed by atoms with Gasteiger partial charge in [-0.15, -0.1) is 0 Å². The van der Waals surface area contributed by atoms with Crippen molar-refractivity contribution in [2.24, 2.45) is 0 Å². The number of carbonyl (C=O) groups excluding carboxylic acids is 1. The van der Waals surface area contributed by atoms with Gasteiger partial charge in [-0.25, -0.2) is 4.79 Å². The van der Waals surface area contributed by atoms with E-state index in [1.165, 1.54) is 5.56 Å². The van der Waals surface area contributed by atoms with Crippen molar-refractivity contribution in [2.75, 3.05) is 19.7 Å². The van der Waals surface area contributed by atoms with Gasteiger partial charge in [0.05, 0.1) is 6.54 Å². The fraction of sp³-hybridized carbons (Fsp3) is 0.316.